The molecule has 0 aliphatic carbocycles. The highest BCUT2D eigenvalue weighted by molar-refractivity contribution is 7.71. The Bertz CT molecular complexity index is 996. The van der Waals surface area contributed by atoms with Gasteiger partial charge in [-0.3, -0.25) is 19.4 Å². The maximum Gasteiger partial charge on any atom is 0.251 e. The van der Waals surface area contributed by atoms with Gasteiger partial charge in [0.15, 0.2) is 4.77 Å². The molecule has 0 saturated carbocycles. The average molecular weight is 385 g/mol. The van der Waals surface area contributed by atoms with Crippen LogP contribution in [0.1, 0.15) is 31.0 Å². The largest absolute Gasteiger partial charge is 0.335 e. The van der Waals surface area contributed by atoms with Gasteiger partial charge in [-0.05, 0) is 43.3 Å². The number of aromatic amines is 2. The second-order valence-corrected chi connectivity index (χ2v) is 6.63. The number of hydrogen-bond acceptors (Lipinski definition) is 5. The molecule has 27 heavy (non-hydrogen) atoms. The van der Waals surface area contributed by atoms with Crippen LogP contribution in [-0.2, 0) is 16.0 Å². The highest BCUT2D eigenvalue weighted by Crippen LogP contribution is 2.22. The van der Waals surface area contributed by atoms with Crippen molar-refractivity contribution in [2.45, 2.75) is 26.2 Å². The lowest BCUT2D eigenvalue weighted by Crippen LogP contribution is -2.24. The topological polar surface area (TPSA) is 110 Å². The first-order valence-corrected chi connectivity index (χ1v) is 8.89. The molecule has 1 aromatic heterocycles. The van der Waals surface area contributed by atoms with Crippen molar-refractivity contribution in [1.82, 2.24) is 15.4 Å². The maximum absolute atomic E-state index is 12.1. The minimum atomic E-state index is -0.378. The van der Waals surface area contributed by atoms with E-state index in [1.165, 1.54) is 6.07 Å². The Morgan fingerprint density at radius 2 is 2.11 bits per heavy atom. The van der Waals surface area contributed by atoms with E-state index in [1.54, 1.807) is 11.8 Å². The van der Waals surface area contributed by atoms with Gasteiger partial charge in [0, 0.05) is 30.4 Å². The Morgan fingerprint density at radius 1 is 1.30 bits per heavy atom. The van der Waals surface area contributed by atoms with Gasteiger partial charge in [0.2, 0.25) is 11.8 Å². The number of carbonyl (C=O) groups excluding carboxylic acids is 2. The molecule has 2 aromatic rings. The van der Waals surface area contributed by atoms with Gasteiger partial charge >= 0.3 is 0 Å². The first-order valence-electron chi connectivity index (χ1n) is 8.49. The van der Waals surface area contributed by atoms with E-state index >= 15 is 0 Å². The van der Waals surface area contributed by atoms with Crippen LogP contribution in [0.3, 0.4) is 0 Å². The SMILES string of the molecule is C/C(=N/NC(=O)Cc1cc(=O)[nH]c(=S)[nH]1)c1cccc(N2CCCC2=O)c1. The Hall–Kier alpha value is -3.07. The second-order valence-electron chi connectivity index (χ2n) is 6.22. The molecule has 8 nitrogen and oxygen atoms in total. The Balaban J connectivity index is 1.68. The third-order valence-corrected chi connectivity index (χ3v) is 4.37. The lowest BCUT2D eigenvalue weighted by atomic mass is 10.1. The summed E-state index contributed by atoms with van der Waals surface area (Å²) in [6.07, 6.45) is 1.38. The first kappa shape index (κ1) is 18.7. The summed E-state index contributed by atoms with van der Waals surface area (Å²) in [4.78, 5) is 42.2. The van der Waals surface area contributed by atoms with Crippen LogP contribution in [-0.4, -0.2) is 34.0 Å². The third kappa shape index (κ3) is 4.76. The van der Waals surface area contributed by atoms with Crippen LogP contribution in [0.4, 0.5) is 5.69 Å². The minimum absolute atomic E-state index is 0.0489. The molecule has 2 heterocycles. The summed E-state index contributed by atoms with van der Waals surface area (Å²) in [5.41, 5.74) is 4.75. The fourth-order valence-corrected chi connectivity index (χ4v) is 3.09. The van der Waals surface area contributed by atoms with Crippen molar-refractivity contribution in [2.24, 2.45) is 5.10 Å². The summed E-state index contributed by atoms with van der Waals surface area (Å²) in [5.74, 6) is -0.262. The average Bonchev–Trinajstić information content (AvgIpc) is 3.05. The van der Waals surface area contributed by atoms with Crippen LogP contribution < -0.4 is 15.9 Å². The zero-order chi connectivity index (χ0) is 19.4. The molecule has 1 aliphatic heterocycles. The minimum Gasteiger partial charge on any atom is -0.335 e. The monoisotopic (exact) mass is 385 g/mol. The fraction of sp³-hybridized carbons (Fsp3) is 0.278. The van der Waals surface area contributed by atoms with Gasteiger partial charge in [0.05, 0.1) is 12.1 Å². The Kier molecular flexibility index (Phi) is 5.60. The van der Waals surface area contributed by atoms with E-state index in [1.807, 2.05) is 24.3 Å². The molecule has 1 fully saturated rings. The van der Waals surface area contributed by atoms with Crippen molar-refractivity contribution in [3.05, 3.63) is 56.7 Å². The molecule has 1 aliphatic rings. The number of carbonyl (C=O) groups is 2. The molecule has 1 saturated heterocycles. The van der Waals surface area contributed by atoms with Crippen LogP contribution in [0.2, 0.25) is 0 Å². The lowest BCUT2D eigenvalue weighted by molar-refractivity contribution is -0.120. The molecule has 0 spiro atoms. The predicted molar refractivity (Wildman–Crippen MR) is 104 cm³/mol. The fourth-order valence-electron chi connectivity index (χ4n) is 2.86. The van der Waals surface area contributed by atoms with Gasteiger partial charge < -0.3 is 9.88 Å². The molecule has 1 aromatic carbocycles. The molecule has 3 rings (SSSR count). The summed E-state index contributed by atoms with van der Waals surface area (Å²) in [7, 11) is 0. The van der Waals surface area contributed by atoms with Gasteiger partial charge in [-0.1, -0.05) is 12.1 Å². The summed E-state index contributed by atoms with van der Waals surface area (Å²) in [6.45, 7) is 2.48. The number of H-pyrrole nitrogens is 2. The quantitative estimate of drug-likeness (QED) is 0.413. The van der Waals surface area contributed by atoms with Crippen molar-refractivity contribution in [2.75, 3.05) is 11.4 Å². The molecule has 140 valence electrons. The van der Waals surface area contributed by atoms with Crippen molar-refractivity contribution in [3.63, 3.8) is 0 Å². The lowest BCUT2D eigenvalue weighted by Gasteiger charge is -2.16. The molecule has 0 radical (unpaired) electrons. The van der Waals surface area contributed by atoms with E-state index in [-0.39, 0.29) is 28.6 Å². The zero-order valence-electron chi connectivity index (χ0n) is 14.7. The van der Waals surface area contributed by atoms with Gasteiger partial charge in [-0.25, -0.2) is 5.43 Å². The summed E-state index contributed by atoms with van der Waals surface area (Å²) >= 11 is 4.88. The van der Waals surface area contributed by atoms with Crippen molar-refractivity contribution in [3.8, 4) is 0 Å². The number of nitrogens with one attached hydrogen (secondary N) is 3. The molecule has 0 unspecified atom stereocenters. The molecule has 9 heteroatoms. The van der Waals surface area contributed by atoms with Crippen LogP contribution >= 0.6 is 12.2 Å². The highest BCUT2D eigenvalue weighted by atomic mass is 32.1. The Morgan fingerprint density at radius 3 is 2.81 bits per heavy atom. The molecule has 0 bridgehead atoms. The van der Waals surface area contributed by atoms with E-state index in [0.29, 0.717) is 24.4 Å². The van der Waals surface area contributed by atoms with Crippen LogP contribution in [0.15, 0.2) is 40.2 Å². The number of anilines is 1. The van der Waals surface area contributed by atoms with Gasteiger partial charge in [-0.2, -0.15) is 5.10 Å². The number of aromatic nitrogens is 2. The summed E-state index contributed by atoms with van der Waals surface area (Å²) < 4.78 is 0.165. The van der Waals surface area contributed by atoms with Gasteiger partial charge in [0.25, 0.3) is 5.56 Å². The normalized spacial score (nSPS) is 14.5. The first-order chi connectivity index (χ1) is 12.9. The number of rotatable bonds is 5. The summed E-state index contributed by atoms with van der Waals surface area (Å²) in [6, 6.07) is 8.76. The van der Waals surface area contributed by atoms with E-state index in [9.17, 15) is 14.4 Å². The smallest absolute Gasteiger partial charge is 0.251 e. The predicted octanol–water partition coefficient (Wildman–Crippen LogP) is 1.64. The summed E-state index contributed by atoms with van der Waals surface area (Å²) in [5, 5.41) is 4.11. The van der Waals surface area contributed by atoms with E-state index in [0.717, 1.165) is 17.7 Å². The zero-order valence-corrected chi connectivity index (χ0v) is 15.6. The van der Waals surface area contributed by atoms with E-state index in [4.69, 9.17) is 12.2 Å². The number of nitrogens with zero attached hydrogens (tertiary/aromatic N) is 2. The molecular weight excluding hydrogens is 366 g/mol. The number of hydrogen-bond donors (Lipinski definition) is 3. The maximum atomic E-state index is 12.1. The van der Waals surface area contributed by atoms with E-state index < -0.39 is 0 Å². The van der Waals surface area contributed by atoms with Gasteiger partial charge in [-0.15, -0.1) is 0 Å². The number of benzene rings is 1. The highest BCUT2D eigenvalue weighted by Gasteiger charge is 2.21. The number of amides is 2. The van der Waals surface area contributed by atoms with E-state index in [2.05, 4.69) is 20.5 Å². The van der Waals surface area contributed by atoms with Gasteiger partial charge in [0.1, 0.15) is 0 Å². The molecular formula is C18H19N5O3S. The van der Waals surface area contributed by atoms with Crippen molar-refractivity contribution < 1.29 is 9.59 Å². The van der Waals surface area contributed by atoms with Crippen molar-refractivity contribution >= 4 is 35.4 Å². The third-order valence-electron chi connectivity index (χ3n) is 4.16. The van der Waals surface area contributed by atoms with Crippen LogP contribution in [0.5, 0.6) is 0 Å². The molecule has 3 N–H and O–H groups in total. The Labute approximate surface area is 160 Å². The van der Waals surface area contributed by atoms with Crippen molar-refractivity contribution in [1.29, 1.82) is 0 Å². The molecule has 2 amide bonds. The number of hydrazone groups is 1. The van der Waals surface area contributed by atoms with Crippen LogP contribution in [0.25, 0.3) is 0 Å². The molecule has 0 atom stereocenters. The second kappa shape index (κ2) is 8.09. The standard InChI is InChI=1S/C18H19N5O3S/c1-11(12-4-2-5-14(8-12)23-7-3-6-17(23)26)21-22-16(25)10-13-9-15(24)20-18(27)19-13/h2,4-5,8-9H,3,6-7,10H2,1H3,(H,22,25)(H2,19,20,24,27)/b21-11-. The van der Waals surface area contributed by atoms with Crippen LogP contribution in [0, 0.1) is 4.77 Å².